The van der Waals surface area contributed by atoms with Gasteiger partial charge in [-0.25, -0.2) is 4.98 Å². The molecule has 2 N–H and O–H groups in total. The molecule has 36 heavy (non-hydrogen) atoms. The number of nitrogens with zero attached hydrogens (tertiary/aromatic N) is 5. The van der Waals surface area contributed by atoms with Gasteiger partial charge in [-0.05, 0) is 36.4 Å². The Morgan fingerprint density at radius 2 is 2.19 bits per heavy atom. The van der Waals surface area contributed by atoms with E-state index >= 15 is 0 Å². The number of nitrogens with two attached hydrogens (primary N) is 1. The number of ketones is 1. The normalized spacial score (nSPS) is 15.7. The summed E-state index contributed by atoms with van der Waals surface area (Å²) in [6.07, 6.45) is 3.17. The molecule has 9 nitrogen and oxygen atoms in total. The maximum atomic E-state index is 13.8. The summed E-state index contributed by atoms with van der Waals surface area (Å²) in [6.45, 7) is 1.58. The van der Waals surface area contributed by atoms with Gasteiger partial charge < -0.3 is 19.9 Å². The number of carbonyl (C=O) groups is 1. The quantitative estimate of drug-likeness (QED) is 0.386. The van der Waals surface area contributed by atoms with Crippen LogP contribution in [0.4, 0.5) is 5.82 Å². The third-order valence-electron chi connectivity index (χ3n) is 6.47. The number of aromatic nitrogens is 3. The van der Waals surface area contributed by atoms with E-state index in [1.807, 2.05) is 22.1 Å². The molecule has 0 bridgehead atoms. The van der Waals surface area contributed by atoms with Crippen LogP contribution in [0.25, 0.3) is 11.0 Å². The number of nitriles is 1. The summed E-state index contributed by atoms with van der Waals surface area (Å²) in [5, 5.41) is 12.1. The smallest absolute Gasteiger partial charge is 0.278 e. The van der Waals surface area contributed by atoms with Gasteiger partial charge in [0.05, 0.1) is 26.5 Å². The lowest BCUT2D eigenvalue weighted by atomic mass is 10.1. The maximum absolute atomic E-state index is 13.8. The summed E-state index contributed by atoms with van der Waals surface area (Å²) in [4.78, 5) is 34.4. The van der Waals surface area contributed by atoms with E-state index in [1.54, 1.807) is 35.6 Å². The molecule has 1 atom stereocenters. The van der Waals surface area contributed by atoms with Crippen LogP contribution in [-0.2, 0) is 13.1 Å². The van der Waals surface area contributed by atoms with Crippen molar-refractivity contribution in [3.8, 4) is 11.8 Å². The first kappa shape index (κ1) is 23.8. The fourth-order valence-corrected chi connectivity index (χ4v) is 5.45. The largest absolute Gasteiger partial charge is 0.497 e. The number of anilines is 1. The Balaban J connectivity index is 1.63. The summed E-state index contributed by atoms with van der Waals surface area (Å²) in [5.74, 6) is 0.989. The Morgan fingerprint density at radius 3 is 2.92 bits per heavy atom. The molecule has 0 saturated carbocycles. The molecule has 1 aliphatic heterocycles. The fraction of sp³-hybridized carbons (Fsp3) is 0.308. The Labute approximate surface area is 212 Å². The molecular formula is C26H26N6O3S. The highest BCUT2D eigenvalue weighted by Crippen LogP contribution is 2.33. The number of piperidine rings is 1. The van der Waals surface area contributed by atoms with Crippen LogP contribution in [0.2, 0.25) is 0 Å². The number of hydrogen-bond donors (Lipinski definition) is 1. The van der Waals surface area contributed by atoms with Crippen LogP contribution >= 0.6 is 11.3 Å². The average Bonchev–Trinajstić information content (AvgIpc) is 3.52. The fourth-order valence-electron chi connectivity index (χ4n) is 4.75. The Morgan fingerprint density at radius 1 is 1.33 bits per heavy atom. The summed E-state index contributed by atoms with van der Waals surface area (Å²) in [7, 11) is 1.53. The predicted molar refractivity (Wildman–Crippen MR) is 139 cm³/mol. The van der Waals surface area contributed by atoms with E-state index in [9.17, 15) is 14.9 Å². The van der Waals surface area contributed by atoms with E-state index in [0.717, 1.165) is 24.3 Å². The topological polar surface area (TPSA) is 119 Å². The lowest BCUT2D eigenvalue weighted by molar-refractivity contribution is 0.0970. The number of carbonyl (C=O) groups excluding carboxylic acids is 1. The van der Waals surface area contributed by atoms with Gasteiger partial charge in [0.25, 0.3) is 5.56 Å². The first-order chi connectivity index (χ1) is 17.5. The minimum Gasteiger partial charge on any atom is -0.497 e. The minimum absolute atomic E-state index is 0.0106. The zero-order valence-electron chi connectivity index (χ0n) is 19.9. The molecule has 3 aromatic heterocycles. The number of hydrogen-bond acceptors (Lipinski definition) is 8. The Hall–Kier alpha value is -3.94. The van der Waals surface area contributed by atoms with Crippen molar-refractivity contribution in [3.63, 3.8) is 0 Å². The van der Waals surface area contributed by atoms with Crippen molar-refractivity contribution in [1.29, 1.82) is 5.26 Å². The second kappa shape index (κ2) is 9.97. The maximum Gasteiger partial charge on any atom is 0.278 e. The summed E-state index contributed by atoms with van der Waals surface area (Å²) >= 11 is 1.58. The molecule has 0 radical (unpaired) electrons. The second-order valence-electron chi connectivity index (χ2n) is 8.85. The highest BCUT2D eigenvalue weighted by Gasteiger charge is 2.29. The van der Waals surface area contributed by atoms with E-state index in [0.29, 0.717) is 46.8 Å². The van der Waals surface area contributed by atoms with Crippen molar-refractivity contribution in [1.82, 2.24) is 14.1 Å². The average molecular weight is 503 g/mol. The van der Waals surface area contributed by atoms with Gasteiger partial charge in [-0.3, -0.25) is 14.2 Å². The van der Waals surface area contributed by atoms with Gasteiger partial charge in [0, 0.05) is 29.6 Å². The number of methoxy groups -OCH3 is 1. The highest BCUT2D eigenvalue weighted by molar-refractivity contribution is 7.09. The van der Waals surface area contributed by atoms with Crippen LogP contribution in [0.5, 0.6) is 5.75 Å². The van der Waals surface area contributed by atoms with Gasteiger partial charge in [-0.15, -0.1) is 11.3 Å². The first-order valence-corrected chi connectivity index (χ1v) is 12.6. The molecule has 184 valence electrons. The van der Waals surface area contributed by atoms with Gasteiger partial charge in [-0.1, -0.05) is 18.2 Å². The van der Waals surface area contributed by atoms with Crippen molar-refractivity contribution in [3.05, 3.63) is 74.5 Å². The third kappa shape index (κ3) is 4.39. The van der Waals surface area contributed by atoms with Crippen molar-refractivity contribution in [2.75, 3.05) is 25.1 Å². The second-order valence-corrected chi connectivity index (χ2v) is 9.89. The van der Waals surface area contributed by atoms with E-state index in [2.05, 4.69) is 16.0 Å². The number of thiophene rings is 1. The summed E-state index contributed by atoms with van der Waals surface area (Å²) < 4.78 is 8.40. The molecule has 0 aliphatic carbocycles. The zero-order valence-corrected chi connectivity index (χ0v) is 20.7. The Kier molecular flexibility index (Phi) is 6.59. The molecule has 4 aromatic rings. The monoisotopic (exact) mass is 502 g/mol. The molecule has 4 heterocycles. The molecule has 0 spiro atoms. The number of Topliss-reactive ketones (excluding diaryl/α,β-unsaturated/α-hetero) is 1. The zero-order chi connectivity index (χ0) is 25.2. The number of ether oxygens (including phenoxy) is 1. The van der Waals surface area contributed by atoms with Crippen LogP contribution in [0.15, 0.2) is 52.9 Å². The minimum atomic E-state index is -0.364. The molecule has 1 aliphatic rings. The van der Waals surface area contributed by atoms with Crippen LogP contribution in [0.1, 0.15) is 33.6 Å². The van der Waals surface area contributed by atoms with Crippen LogP contribution in [-0.4, -0.2) is 46.1 Å². The molecule has 1 saturated heterocycles. The van der Waals surface area contributed by atoms with E-state index in [-0.39, 0.29) is 23.9 Å². The van der Waals surface area contributed by atoms with E-state index in [4.69, 9.17) is 10.5 Å². The third-order valence-corrected chi connectivity index (χ3v) is 7.33. The summed E-state index contributed by atoms with van der Waals surface area (Å²) in [5.41, 5.74) is 7.36. The van der Waals surface area contributed by atoms with Gasteiger partial charge in [-0.2, -0.15) is 5.26 Å². The lowest BCUT2D eigenvalue weighted by Gasteiger charge is -2.33. The predicted octanol–water partition coefficient (Wildman–Crippen LogP) is 3.00. The van der Waals surface area contributed by atoms with Gasteiger partial charge in [0.15, 0.2) is 5.78 Å². The van der Waals surface area contributed by atoms with Crippen molar-refractivity contribution < 1.29 is 9.53 Å². The number of fused-ring (bicyclic) bond motifs is 1. The highest BCUT2D eigenvalue weighted by atomic mass is 32.1. The molecule has 1 fully saturated rings. The lowest BCUT2D eigenvalue weighted by Crippen LogP contribution is -2.44. The molecule has 0 amide bonds. The molecular weight excluding hydrogens is 476 g/mol. The van der Waals surface area contributed by atoms with Crippen molar-refractivity contribution >= 4 is 34.0 Å². The number of benzene rings is 1. The van der Waals surface area contributed by atoms with Crippen LogP contribution < -0.4 is 20.9 Å². The van der Waals surface area contributed by atoms with E-state index in [1.165, 1.54) is 18.0 Å². The molecule has 10 heteroatoms. The Bertz CT molecular complexity index is 1520. The van der Waals surface area contributed by atoms with Gasteiger partial charge in [0.1, 0.15) is 34.2 Å². The summed E-state index contributed by atoms with van der Waals surface area (Å²) in [6, 6.07) is 13.0. The first-order valence-electron chi connectivity index (χ1n) is 11.7. The SMILES string of the molecule is COc1cccc(C(=O)Cn2cnc3c(C#N)c(N4CCC[C@H](N)C4)n(Cc4cccs4)c3c2=O)c1. The molecule has 5 rings (SSSR count). The van der Waals surface area contributed by atoms with Crippen LogP contribution in [0.3, 0.4) is 0 Å². The molecule has 1 aromatic carbocycles. The van der Waals surface area contributed by atoms with E-state index < -0.39 is 0 Å². The van der Waals surface area contributed by atoms with Crippen LogP contribution in [0, 0.1) is 11.3 Å². The van der Waals surface area contributed by atoms with Gasteiger partial charge in [0.2, 0.25) is 0 Å². The molecule has 0 unspecified atom stereocenters. The standard InChI is InChI=1S/C26H26N6O3S/c1-35-19-7-2-5-17(11-19)22(33)15-31-16-29-23-21(12-27)25(30-9-3-6-18(28)13-30)32(24(23)26(31)34)14-20-8-4-10-36-20/h2,4-5,7-8,10-11,16,18H,3,6,9,13-15,28H2,1H3/t18-/m0/s1. The number of rotatable bonds is 7. The van der Waals surface area contributed by atoms with Crippen molar-refractivity contribution in [2.45, 2.75) is 32.0 Å². The van der Waals surface area contributed by atoms with Crippen molar-refractivity contribution in [2.24, 2.45) is 5.73 Å². The van der Waals surface area contributed by atoms with Gasteiger partial charge >= 0.3 is 0 Å².